The van der Waals surface area contributed by atoms with E-state index in [4.69, 9.17) is 9.47 Å². The van der Waals surface area contributed by atoms with Crippen molar-refractivity contribution in [1.29, 1.82) is 0 Å². The molecule has 3 aromatic carbocycles. The average Bonchev–Trinajstić information content (AvgIpc) is 3.43. The van der Waals surface area contributed by atoms with Gasteiger partial charge in [0, 0.05) is 42.6 Å². The van der Waals surface area contributed by atoms with Gasteiger partial charge in [0.15, 0.2) is 0 Å². The summed E-state index contributed by atoms with van der Waals surface area (Å²) < 4.78 is 10.5. The van der Waals surface area contributed by atoms with Crippen LogP contribution in [-0.4, -0.2) is 45.7 Å². The van der Waals surface area contributed by atoms with Crippen molar-refractivity contribution >= 4 is 23.2 Å². The third-order valence-electron chi connectivity index (χ3n) is 6.10. The molecule has 4 rings (SSSR count). The topological polar surface area (TPSA) is 79.9 Å². The third kappa shape index (κ3) is 6.12. The first-order chi connectivity index (χ1) is 17.1. The van der Waals surface area contributed by atoms with Crippen LogP contribution in [-0.2, 0) is 6.42 Å². The Morgan fingerprint density at radius 1 is 0.857 bits per heavy atom. The van der Waals surface area contributed by atoms with E-state index >= 15 is 0 Å². The molecule has 1 saturated heterocycles. The molecule has 0 spiro atoms. The second kappa shape index (κ2) is 11.4. The van der Waals surface area contributed by atoms with Crippen LogP contribution >= 0.6 is 0 Å². The molecule has 7 nitrogen and oxygen atoms in total. The Morgan fingerprint density at radius 2 is 1.54 bits per heavy atom. The van der Waals surface area contributed by atoms with Crippen molar-refractivity contribution in [3.63, 3.8) is 0 Å². The number of methoxy groups -OCH3 is 2. The zero-order valence-electron chi connectivity index (χ0n) is 20.2. The molecular formula is C28H31N3O4. The minimum atomic E-state index is -0.313. The predicted molar refractivity (Wildman–Crippen MR) is 138 cm³/mol. The van der Waals surface area contributed by atoms with Crippen LogP contribution in [0.15, 0.2) is 66.7 Å². The minimum Gasteiger partial charge on any atom is -0.497 e. The van der Waals surface area contributed by atoms with Crippen LogP contribution in [0, 0.1) is 0 Å². The Morgan fingerprint density at radius 3 is 2.20 bits per heavy atom. The van der Waals surface area contributed by atoms with Gasteiger partial charge in [0.25, 0.3) is 11.8 Å². The van der Waals surface area contributed by atoms with E-state index in [1.807, 2.05) is 42.5 Å². The molecule has 0 aliphatic carbocycles. The summed E-state index contributed by atoms with van der Waals surface area (Å²) in [6.07, 6.45) is 2.95. The molecule has 0 saturated carbocycles. The van der Waals surface area contributed by atoms with Crippen molar-refractivity contribution in [2.45, 2.75) is 19.3 Å². The molecule has 2 N–H and O–H groups in total. The van der Waals surface area contributed by atoms with E-state index in [-0.39, 0.29) is 11.8 Å². The van der Waals surface area contributed by atoms with Gasteiger partial charge in [-0.2, -0.15) is 0 Å². The lowest BCUT2D eigenvalue weighted by molar-refractivity contribution is 0.0953. The van der Waals surface area contributed by atoms with Crippen molar-refractivity contribution in [3.8, 4) is 11.5 Å². The van der Waals surface area contributed by atoms with E-state index < -0.39 is 0 Å². The highest BCUT2D eigenvalue weighted by molar-refractivity contribution is 6.06. The van der Waals surface area contributed by atoms with Crippen LogP contribution in [0.2, 0.25) is 0 Å². The first kappa shape index (κ1) is 24.1. The van der Waals surface area contributed by atoms with Crippen LogP contribution in [0.1, 0.15) is 39.1 Å². The maximum Gasteiger partial charge on any atom is 0.255 e. The van der Waals surface area contributed by atoms with E-state index in [1.165, 1.54) is 19.8 Å². The molecule has 7 heteroatoms. The second-order valence-electron chi connectivity index (χ2n) is 8.47. The van der Waals surface area contributed by atoms with Gasteiger partial charge in [0.05, 0.1) is 19.8 Å². The maximum atomic E-state index is 13.2. The highest BCUT2D eigenvalue weighted by atomic mass is 16.5. The molecule has 182 valence electrons. The van der Waals surface area contributed by atoms with Crippen molar-refractivity contribution in [2.24, 2.45) is 0 Å². The molecule has 1 aliphatic rings. The summed E-state index contributed by atoms with van der Waals surface area (Å²) in [6.45, 7) is 2.36. The maximum absolute atomic E-state index is 13.2. The van der Waals surface area contributed by atoms with Gasteiger partial charge in [-0.25, -0.2) is 0 Å². The number of amides is 2. The van der Waals surface area contributed by atoms with E-state index in [1.54, 1.807) is 24.3 Å². The molecule has 2 amide bonds. The standard InChI is InChI=1S/C28H31N3O4/c1-34-23-16-21(17-24(19-23)35-2)27(32)30-22-10-11-26(31-14-6-7-15-31)25(18-22)28(33)29-13-12-20-8-4-3-5-9-20/h3-5,8-11,16-19H,6-7,12-15H2,1-2H3,(H,29,33)(H,30,32). The largest absolute Gasteiger partial charge is 0.497 e. The number of anilines is 2. The Bertz CT molecular complexity index is 1150. The Balaban J connectivity index is 1.53. The summed E-state index contributed by atoms with van der Waals surface area (Å²) >= 11 is 0. The monoisotopic (exact) mass is 473 g/mol. The third-order valence-corrected chi connectivity index (χ3v) is 6.10. The smallest absolute Gasteiger partial charge is 0.255 e. The minimum absolute atomic E-state index is 0.151. The number of hydrogen-bond acceptors (Lipinski definition) is 5. The molecule has 0 unspecified atom stereocenters. The highest BCUT2D eigenvalue weighted by Gasteiger charge is 2.21. The first-order valence-electron chi connectivity index (χ1n) is 11.8. The molecular weight excluding hydrogens is 442 g/mol. The summed E-state index contributed by atoms with van der Waals surface area (Å²) in [4.78, 5) is 28.4. The number of hydrogen-bond donors (Lipinski definition) is 2. The summed E-state index contributed by atoms with van der Waals surface area (Å²) in [5.41, 5.74) is 3.57. The predicted octanol–water partition coefficient (Wildman–Crippen LogP) is 4.53. The number of benzene rings is 3. The summed E-state index contributed by atoms with van der Waals surface area (Å²) in [6, 6.07) is 20.6. The quantitative estimate of drug-likeness (QED) is 0.477. The lowest BCUT2D eigenvalue weighted by Gasteiger charge is -2.22. The van der Waals surface area contributed by atoms with Crippen LogP contribution < -0.4 is 25.0 Å². The zero-order chi connectivity index (χ0) is 24.6. The SMILES string of the molecule is COc1cc(OC)cc(C(=O)Nc2ccc(N3CCCC3)c(C(=O)NCCc3ccccc3)c2)c1. The number of carbonyl (C=O) groups is 2. The number of rotatable bonds is 9. The second-order valence-corrected chi connectivity index (χ2v) is 8.47. The first-order valence-corrected chi connectivity index (χ1v) is 11.8. The normalized spacial score (nSPS) is 12.8. The Labute approximate surface area is 206 Å². The lowest BCUT2D eigenvalue weighted by Crippen LogP contribution is -2.29. The molecule has 0 radical (unpaired) electrons. The van der Waals surface area contributed by atoms with Crippen LogP contribution in [0.3, 0.4) is 0 Å². The summed E-state index contributed by atoms with van der Waals surface area (Å²) in [7, 11) is 3.08. The van der Waals surface area contributed by atoms with Gasteiger partial charge in [-0.05, 0) is 55.2 Å². The zero-order valence-corrected chi connectivity index (χ0v) is 20.2. The van der Waals surface area contributed by atoms with Crippen LogP contribution in [0.25, 0.3) is 0 Å². The van der Waals surface area contributed by atoms with Gasteiger partial charge in [0.2, 0.25) is 0 Å². The fourth-order valence-corrected chi connectivity index (χ4v) is 4.23. The van der Waals surface area contributed by atoms with Crippen molar-refractivity contribution < 1.29 is 19.1 Å². The summed E-state index contributed by atoms with van der Waals surface area (Å²) in [5.74, 6) is 0.586. The highest BCUT2D eigenvalue weighted by Crippen LogP contribution is 2.28. The van der Waals surface area contributed by atoms with E-state index in [0.29, 0.717) is 34.9 Å². The molecule has 1 heterocycles. The number of nitrogens with one attached hydrogen (secondary N) is 2. The molecule has 3 aromatic rings. The summed E-state index contributed by atoms with van der Waals surface area (Å²) in [5, 5.41) is 5.95. The number of nitrogens with zero attached hydrogens (tertiary/aromatic N) is 1. The molecule has 1 fully saturated rings. The molecule has 0 bridgehead atoms. The average molecular weight is 474 g/mol. The van der Waals surface area contributed by atoms with Gasteiger partial charge in [0.1, 0.15) is 11.5 Å². The fourth-order valence-electron chi connectivity index (χ4n) is 4.23. The van der Waals surface area contributed by atoms with E-state index in [9.17, 15) is 9.59 Å². The lowest BCUT2D eigenvalue weighted by atomic mass is 10.1. The number of carbonyl (C=O) groups excluding carboxylic acids is 2. The van der Waals surface area contributed by atoms with Crippen molar-refractivity contribution in [2.75, 3.05) is 44.1 Å². The molecule has 0 atom stereocenters. The van der Waals surface area contributed by atoms with Gasteiger partial charge in [-0.3, -0.25) is 9.59 Å². The fraction of sp³-hybridized carbons (Fsp3) is 0.286. The molecule has 1 aliphatic heterocycles. The van der Waals surface area contributed by atoms with Gasteiger partial charge in [-0.1, -0.05) is 30.3 Å². The van der Waals surface area contributed by atoms with Crippen molar-refractivity contribution in [1.82, 2.24) is 5.32 Å². The van der Waals surface area contributed by atoms with E-state index in [0.717, 1.165) is 38.0 Å². The molecule has 35 heavy (non-hydrogen) atoms. The van der Waals surface area contributed by atoms with E-state index in [2.05, 4.69) is 15.5 Å². The Kier molecular flexibility index (Phi) is 7.88. The van der Waals surface area contributed by atoms with Gasteiger partial charge in [-0.15, -0.1) is 0 Å². The Hall–Kier alpha value is -4.00. The van der Waals surface area contributed by atoms with Gasteiger partial charge < -0.3 is 25.0 Å². The van der Waals surface area contributed by atoms with Crippen LogP contribution in [0.5, 0.6) is 11.5 Å². The number of ether oxygens (including phenoxy) is 2. The van der Waals surface area contributed by atoms with Crippen LogP contribution in [0.4, 0.5) is 11.4 Å². The molecule has 0 aromatic heterocycles. The van der Waals surface area contributed by atoms with Crippen molar-refractivity contribution in [3.05, 3.63) is 83.4 Å². The van der Waals surface area contributed by atoms with Gasteiger partial charge >= 0.3 is 0 Å².